The van der Waals surface area contributed by atoms with Crippen LogP contribution in [0.1, 0.15) is 87.5 Å². The standard InChI is InChI=1S/C29H43N3O5S/c1-7-12-26(33)32(6)24(19(3)4)17-25(37-8-2)28-31-23(18-38-28)27(34)30-22(15-20(5)29(35)36)16-21-13-10-9-11-14-21/h9-11,13-14,18-20,22,24-25H,7-8,12,15-17H2,1-6H3,(H,30,34)(H,35,36). The molecule has 1 aromatic carbocycles. The maximum atomic E-state index is 13.2. The topological polar surface area (TPSA) is 109 Å². The summed E-state index contributed by atoms with van der Waals surface area (Å²) in [5.41, 5.74) is 1.31. The van der Waals surface area contributed by atoms with E-state index in [0.717, 1.165) is 12.0 Å². The monoisotopic (exact) mass is 545 g/mol. The first kappa shape index (κ1) is 31.4. The van der Waals surface area contributed by atoms with Gasteiger partial charge in [0.05, 0.1) is 5.92 Å². The van der Waals surface area contributed by atoms with Crippen molar-refractivity contribution >= 4 is 29.1 Å². The smallest absolute Gasteiger partial charge is 0.306 e. The molecule has 4 unspecified atom stereocenters. The Labute approximate surface area is 230 Å². The van der Waals surface area contributed by atoms with E-state index < -0.39 is 11.9 Å². The SMILES string of the molecule is CCCC(=O)N(C)C(CC(OCC)c1nc(C(=O)NC(Cc2ccccc2)CC(C)C(=O)O)cs1)C(C)C. The van der Waals surface area contributed by atoms with Gasteiger partial charge in [0.15, 0.2) is 0 Å². The van der Waals surface area contributed by atoms with Crippen LogP contribution in [0, 0.1) is 11.8 Å². The summed E-state index contributed by atoms with van der Waals surface area (Å²) in [7, 11) is 1.84. The molecule has 0 bridgehead atoms. The van der Waals surface area contributed by atoms with Gasteiger partial charge in [0, 0.05) is 44.0 Å². The fourth-order valence-corrected chi connectivity index (χ4v) is 5.39. The minimum absolute atomic E-state index is 0.0282. The Morgan fingerprint density at radius 3 is 2.37 bits per heavy atom. The number of aromatic nitrogens is 1. The Morgan fingerprint density at radius 2 is 1.79 bits per heavy atom. The molecular formula is C29H43N3O5S. The van der Waals surface area contributed by atoms with Gasteiger partial charge in [-0.15, -0.1) is 11.3 Å². The van der Waals surface area contributed by atoms with E-state index in [9.17, 15) is 19.5 Å². The van der Waals surface area contributed by atoms with Gasteiger partial charge in [-0.1, -0.05) is 58.0 Å². The zero-order valence-electron chi connectivity index (χ0n) is 23.5. The molecule has 210 valence electrons. The molecule has 0 spiro atoms. The highest BCUT2D eigenvalue weighted by Gasteiger charge is 2.29. The summed E-state index contributed by atoms with van der Waals surface area (Å²) >= 11 is 1.37. The maximum absolute atomic E-state index is 13.2. The largest absolute Gasteiger partial charge is 0.481 e. The van der Waals surface area contributed by atoms with Gasteiger partial charge in [0.1, 0.15) is 16.8 Å². The lowest BCUT2D eigenvalue weighted by Crippen LogP contribution is -2.41. The molecule has 0 aliphatic rings. The highest BCUT2D eigenvalue weighted by Crippen LogP contribution is 2.30. The number of rotatable bonds is 16. The van der Waals surface area contributed by atoms with Crippen LogP contribution >= 0.6 is 11.3 Å². The summed E-state index contributed by atoms with van der Waals surface area (Å²) in [6.45, 7) is 10.2. The van der Waals surface area contributed by atoms with Crippen LogP contribution in [0.2, 0.25) is 0 Å². The molecular weight excluding hydrogens is 502 g/mol. The van der Waals surface area contributed by atoms with E-state index in [-0.39, 0.29) is 41.6 Å². The summed E-state index contributed by atoms with van der Waals surface area (Å²) in [4.78, 5) is 43.7. The molecule has 0 radical (unpaired) electrons. The van der Waals surface area contributed by atoms with Crippen molar-refractivity contribution in [2.24, 2.45) is 11.8 Å². The third kappa shape index (κ3) is 9.51. The molecule has 2 amide bonds. The van der Waals surface area contributed by atoms with E-state index in [1.807, 2.05) is 56.1 Å². The van der Waals surface area contributed by atoms with Crippen LogP contribution in [-0.4, -0.2) is 58.5 Å². The van der Waals surface area contributed by atoms with Gasteiger partial charge >= 0.3 is 5.97 Å². The second-order valence-corrected chi connectivity index (χ2v) is 11.0. The lowest BCUT2D eigenvalue weighted by atomic mass is 9.96. The van der Waals surface area contributed by atoms with Crippen molar-refractivity contribution in [3.63, 3.8) is 0 Å². The van der Waals surface area contributed by atoms with Crippen molar-refractivity contribution in [2.45, 2.75) is 84.9 Å². The molecule has 2 N–H and O–H groups in total. The van der Waals surface area contributed by atoms with Gasteiger partial charge in [-0.3, -0.25) is 14.4 Å². The number of nitrogens with one attached hydrogen (secondary N) is 1. The van der Waals surface area contributed by atoms with Gasteiger partial charge < -0.3 is 20.1 Å². The molecule has 0 aliphatic heterocycles. The van der Waals surface area contributed by atoms with Crippen molar-refractivity contribution in [3.8, 4) is 0 Å². The number of ether oxygens (including phenoxy) is 1. The Morgan fingerprint density at radius 1 is 1.11 bits per heavy atom. The molecule has 8 nitrogen and oxygen atoms in total. The second kappa shape index (κ2) is 15.6. The van der Waals surface area contributed by atoms with Crippen LogP contribution < -0.4 is 5.32 Å². The summed E-state index contributed by atoms with van der Waals surface area (Å²) in [5, 5.41) is 14.8. The second-order valence-electron chi connectivity index (χ2n) is 10.2. The minimum atomic E-state index is -0.894. The number of amides is 2. The van der Waals surface area contributed by atoms with Crippen molar-refractivity contribution < 1.29 is 24.2 Å². The van der Waals surface area contributed by atoms with Crippen LogP contribution in [0.5, 0.6) is 0 Å². The predicted octanol–water partition coefficient (Wildman–Crippen LogP) is 5.35. The third-order valence-electron chi connectivity index (χ3n) is 6.70. The third-order valence-corrected chi connectivity index (χ3v) is 7.63. The molecule has 1 heterocycles. The van der Waals surface area contributed by atoms with Crippen LogP contribution in [0.25, 0.3) is 0 Å². The fraction of sp³-hybridized carbons (Fsp3) is 0.586. The number of carboxylic acids is 1. The van der Waals surface area contributed by atoms with E-state index >= 15 is 0 Å². The van der Waals surface area contributed by atoms with Gasteiger partial charge in [0.2, 0.25) is 5.91 Å². The Bertz CT molecular complexity index is 1030. The lowest BCUT2D eigenvalue weighted by Gasteiger charge is -2.33. The highest BCUT2D eigenvalue weighted by atomic mass is 32.1. The average Bonchev–Trinajstić information content (AvgIpc) is 3.37. The number of carboxylic acid groups (broad SMARTS) is 1. The molecule has 0 aliphatic carbocycles. The number of hydrogen-bond donors (Lipinski definition) is 2. The molecule has 9 heteroatoms. The molecule has 38 heavy (non-hydrogen) atoms. The number of thiazole rings is 1. The summed E-state index contributed by atoms with van der Waals surface area (Å²) in [6, 6.07) is 9.31. The quantitative estimate of drug-likeness (QED) is 0.295. The van der Waals surface area contributed by atoms with Crippen LogP contribution in [0.15, 0.2) is 35.7 Å². The van der Waals surface area contributed by atoms with Gasteiger partial charge in [-0.05, 0) is 37.7 Å². The first-order chi connectivity index (χ1) is 18.1. The number of carbonyl (C=O) groups is 3. The normalized spacial score (nSPS) is 14.5. The molecule has 0 fully saturated rings. The summed E-state index contributed by atoms with van der Waals surface area (Å²) in [6.07, 6.45) is 2.37. The summed E-state index contributed by atoms with van der Waals surface area (Å²) in [5.74, 6) is -1.49. The Hall–Kier alpha value is -2.78. The zero-order chi connectivity index (χ0) is 28.2. The van der Waals surface area contributed by atoms with Crippen molar-refractivity contribution in [1.82, 2.24) is 15.2 Å². The van der Waals surface area contributed by atoms with Gasteiger partial charge in [-0.25, -0.2) is 4.98 Å². The molecule has 2 aromatic rings. The first-order valence-corrected chi connectivity index (χ1v) is 14.3. The van der Waals surface area contributed by atoms with Crippen molar-refractivity contribution in [2.75, 3.05) is 13.7 Å². The van der Waals surface area contributed by atoms with Crippen LogP contribution in [0.4, 0.5) is 0 Å². The number of hydrogen-bond acceptors (Lipinski definition) is 6. The molecule has 4 atom stereocenters. The average molecular weight is 546 g/mol. The number of nitrogens with zero attached hydrogens (tertiary/aromatic N) is 2. The van der Waals surface area contributed by atoms with Crippen molar-refractivity contribution in [1.29, 1.82) is 0 Å². The molecule has 0 saturated carbocycles. The number of aliphatic carboxylic acids is 1. The van der Waals surface area contributed by atoms with E-state index in [0.29, 0.717) is 37.3 Å². The van der Waals surface area contributed by atoms with Crippen LogP contribution in [0.3, 0.4) is 0 Å². The fourth-order valence-electron chi connectivity index (χ4n) is 4.53. The van der Waals surface area contributed by atoms with Gasteiger partial charge in [-0.2, -0.15) is 0 Å². The molecule has 1 aromatic heterocycles. The van der Waals surface area contributed by atoms with Crippen LogP contribution in [-0.2, 0) is 20.7 Å². The van der Waals surface area contributed by atoms with Gasteiger partial charge in [0.25, 0.3) is 5.91 Å². The van der Waals surface area contributed by atoms with E-state index in [2.05, 4.69) is 24.1 Å². The molecule has 0 saturated heterocycles. The summed E-state index contributed by atoms with van der Waals surface area (Å²) < 4.78 is 6.04. The number of carbonyl (C=O) groups excluding carboxylic acids is 2. The lowest BCUT2D eigenvalue weighted by molar-refractivity contribution is -0.141. The highest BCUT2D eigenvalue weighted by molar-refractivity contribution is 7.09. The Balaban J connectivity index is 2.19. The van der Waals surface area contributed by atoms with E-state index in [4.69, 9.17) is 4.74 Å². The number of benzene rings is 1. The minimum Gasteiger partial charge on any atom is -0.481 e. The van der Waals surface area contributed by atoms with E-state index in [1.54, 1.807) is 12.3 Å². The predicted molar refractivity (Wildman–Crippen MR) is 150 cm³/mol. The zero-order valence-corrected chi connectivity index (χ0v) is 24.3. The first-order valence-electron chi connectivity index (χ1n) is 13.5. The van der Waals surface area contributed by atoms with E-state index in [1.165, 1.54) is 11.3 Å². The maximum Gasteiger partial charge on any atom is 0.306 e. The van der Waals surface area contributed by atoms with Crippen molar-refractivity contribution in [3.05, 3.63) is 52.0 Å². The Kier molecular flexibility index (Phi) is 12.9. The molecule has 2 rings (SSSR count).